The molecule has 0 radical (unpaired) electrons. The molecule has 256 valence electrons. The van der Waals surface area contributed by atoms with E-state index in [4.69, 9.17) is 18.9 Å². The molecule has 2 N–H and O–H groups in total. The van der Waals surface area contributed by atoms with Gasteiger partial charge in [-0.05, 0) is 44.9 Å². The molecule has 2 aromatic carbocycles. The van der Waals surface area contributed by atoms with Crippen molar-refractivity contribution in [3.05, 3.63) is 55.6 Å². The molecule has 2 aliphatic rings. The minimum absolute atomic E-state index is 0.109. The van der Waals surface area contributed by atoms with Crippen molar-refractivity contribution < 1.29 is 48.6 Å². The summed E-state index contributed by atoms with van der Waals surface area (Å²) in [6.45, 7) is 0.687. The molecule has 0 aliphatic carbocycles. The number of hydrogen-bond donors (Lipinski definition) is 2. The highest BCUT2D eigenvalue weighted by Crippen LogP contribution is 2.38. The van der Waals surface area contributed by atoms with Gasteiger partial charge in [0.1, 0.15) is 11.1 Å². The molecule has 16 heteroatoms. The lowest BCUT2D eigenvalue weighted by Crippen LogP contribution is -2.37. The van der Waals surface area contributed by atoms with E-state index in [1.807, 2.05) is 0 Å². The van der Waals surface area contributed by atoms with E-state index >= 15 is 0 Å². The third-order valence-electron chi connectivity index (χ3n) is 8.42. The van der Waals surface area contributed by atoms with Crippen molar-refractivity contribution in [3.8, 4) is 23.0 Å². The fourth-order valence-electron chi connectivity index (χ4n) is 5.93. The van der Waals surface area contributed by atoms with Crippen LogP contribution in [0.4, 0.5) is 11.4 Å². The quantitative estimate of drug-likeness (QED) is 0.151. The van der Waals surface area contributed by atoms with E-state index in [-0.39, 0.29) is 60.6 Å². The van der Waals surface area contributed by atoms with Crippen LogP contribution < -0.4 is 18.9 Å². The normalized spacial score (nSPS) is 17.4. The van der Waals surface area contributed by atoms with E-state index in [0.717, 1.165) is 0 Å². The van der Waals surface area contributed by atoms with Crippen molar-refractivity contribution in [3.63, 3.8) is 0 Å². The standard InChI is InChI=1S/C31H40N4O12/c1-44-26-14-22(30(38)32-10-6-8-20(32)18-36)24(34(40)41)16-28(26)46-12-4-3-5-13-47-29-17-25(35(42)43)23(15-27(29)45-2)31(39)33-11-7-9-21(33)19-37/h14-17,20-21,36-37H,3-13,18-19H2,1-2H3/t20-,21-/m0/s1. The van der Waals surface area contributed by atoms with E-state index in [1.165, 1.54) is 48.3 Å². The van der Waals surface area contributed by atoms with Crippen LogP contribution in [0.25, 0.3) is 0 Å². The maximum atomic E-state index is 13.1. The number of amides is 2. The monoisotopic (exact) mass is 660 g/mol. The molecule has 2 fully saturated rings. The van der Waals surface area contributed by atoms with Crippen LogP contribution in [0.2, 0.25) is 0 Å². The van der Waals surface area contributed by atoms with Crippen LogP contribution in [-0.4, -0.2) is 107 Å². The van der Waals surface area contributed by atoms with Crippen LogP contribution in [0.1, 0.15) is 65.7 Å². The molecule has 0 spiro atoms. The molecular weight excluding hydrogens is 620 g/mol. The minimum atomic E-state index is -0.653. The lowest BCUT2D eigenvalue weighted by Gasteiger charge is -2.23. The highest BCUT2D eigenvalue weighted by molar-refractivity contribution is 6.00. The van der Waals surface area contributed by atoms with E-state index in [1.54, 1.807) is 0 Å². The zero-order valence-corrected chi connectivity index (χ0v) is 26.4. The van der Waals surface area contributed by atoms with Crippen LogP contribution in [0.3, 0.4) is 0 Å². The van der Waals surface area contributed by atoms with Gasteiger partial charge >= 0.3 is 0 Å². The van der Waals surface area contributed by atoms with E-state index in [2.05, 4.69) is 0 Å². The minimum Gasteiger partial charge on any atom is -0.493 e. The summed E-state index contributed by atoms with van der Waals surface area (Å²) in [6, 6.07) is 4.12. The van der Waals surface area contributed by atoms with Gasteiger partial charge in [0.2, 0.25) is 0 Å². The average Bonchev–Trinajstić information content (AvgIpc) is 3.76. The van der Waals surface area contributed by atoms with Gasteiger partial charge in [-0.15, -0.1) is 0 Å². The van der Waals surface area contributed by atoms with Crippen molar-refractivity contribution in [1.29, 1.82) is 0 Å². The Morgan fingerprint density at radius 2 is 1.13 bits per heavy atom. The average molecular weight is 661 g/mol. The largest absolute Gasteiger partial charge is 0.493 e. The van der Waals surface area contributed by atoms with E-state index in [9.17, 15) is 40.0 Å². The molecular formula is C31H40N4O12. The number of benzene rings is 2. The van der Waals surface area contributed by atoms with Crippen molar-refractivity contribution in [2.75, 3.05) is 53.7 Å². The maximum Gasteiger partial charge on any atom is 0.286 e. The van der Waals surface area contributed by atoms with Gasteiger partial charge in [-0.3, -0.25) is 29.8 Å². The van der Waals surface area contributed by atoms with Gasteiger partial charge < -0.3 is 39.0 Å². The number of nitro groups is 2. The molecule has 0 saturated carbocycles. The summed E-state index contributed by atoms with van der Waals surface area (Å²) >= 11 is 0. The Morgan fingerprint density at radius 1 is 0.723 bits per heavy atom. The summed E-state index contributed by atoms with van der Waals surface area (Å²) < 4.78 is 22.3. The Labute approximate surface area is 271 Å². The fraction of sp³-hybridized carbons (Fsp3) is 0.548. The number of hydrogen-bond acceptors (Lipinski definition) is 12. The number of aliphatic hydroxyl groups is 2. The first-order valence-electron chi connectivity index (χ1n) is 15.5. The first kappa shape index (κ1) is 35.2. The van der Waals surface area contributed by atoms with E-state index in [0.29, 0.717) is 58.0 Å². The van der Waals surface area contributed by atoms with Gasteiger partial charge in [0.05, 0.1) is 74.7 Å². The predicted molar refractivity (Wildman–Crippen MR) is 166 cm³/mol. The summed E-state index contributed by atoms with van der Waals surface area (Å²) in [5, 5.41) is 42.9. The van der Waals surface area contributed by atoms with Crippen LogP contribution in [-0.2, 0) is 0 Å². The second kappa shape index (κ2) is 16.2. The molecule has 2 aromatic rings. The summed E-state index contributed by atoms with van der Waals surface area (Å²) in [5.41, 5.74) is -1.13. The van der Waals surface area contributed by atoms with Crippen LogP contribution >= 0.6 is 0 Å². The number of likely N-dealkylation sites (tertiary alicyclic amines) is 2. The van der Waals surface area contributed by atoms with Crippen molar-refractivity contribution in [1.82, 2.24) is 9.80 Å². The lowest BCUT2D eigenvalue weighted by molar-refractivity contribution is -0.385. The summed E-state index contributed by atoms with van der Waals surface area (Å²) in [4.78, 5) is 51.5. The Bertz CT molecular complexity index is 1360. The first-order valence-corrected chi connectivity index (χ1v) is 15.5. The van der Waals surface area contributed by atoms with Crippen LogP contribution in [0, 0.1) is 20.2 Å². The molecule has 0 aromatic heterocycles. The molecule has 2 heterocycles. The number of methoxy groups -OCH3 is 2. The van der Waals surface area contributed by atoms with Gasteiger partial charge in [0.15, 0.2) is 23.0 Å². The molecule has 2 saturated heterocycles. The molecule has 16 nitrogen and oxygen atoms in total. The SMILES string of the molecule is COc1cc(C(=O)N2CCC[C@H]2CO)c([N+](=O)[O-])cc1OCCCCCOc1cc([N+](=O)[O-])c(C(=O)N2CCC[C@H]2CO)cc1OC. The number of aliphatic hydroxyl groups excluding tert-OH is 2. The van der Waals surface area contributed by atoms with Crippen LogP contribution in [0.15, 0.2) is 24.3 Å². The number of nitrogens with zero attached hydrogens (tertiary/aromatic N) is 4. The Morgan fingerprint density at radius 3 is 1.47 bits per heavy atom. The Balaban J connectivity index is 1.34. The number of nitro benzene ring substituents is 2. The number of unbranched alkanes of at least 4 members (excludes halogenated alkanes) is 2. The highest BCUT2D eigenvalue weighted by Gasteiger charge is 2.35. The van der Waals surface area contributed by atoms with Gasteiger partial charge in [-0.2, -0.15) is 0 Å². The zero-order chi connectivity index (χ0) is 34.1. The van der Waals surface area contributed by atoms with Crippen LogP contribution in [0.5, 0.6) is 23.0 Å². The van der Waals surface area contributed by atoms with Crippen molar-refractivity contribution in [2.24, 2.45) is 0 Å². The third-order valence-corrected chi connectivity index (χ3v) is 8.42. The number of rotatable bonds is 16. The number of carbonyl (C=O) groups excluding carboxylic acids is 2. The Hall–Kier alpha value is -4.70. The fourth-order valence-corrected chi connectivity index (χ4v) is 5.93. The molecule has 0 unspecified atom stereocenters. The number of ether oxygens (including phenoxy) is 4. The molecule has 0 bridgehead atoms. The highest BCUT2D eigenvalue weighted by atomic mass is 16.6. The third kappa shape index (κ3) is 8.00. The molecule has 47 heavy (non-hydrogen) atoms. The number of carbonyl (C=O) groups is 2. The summed E-state index contributed by atoms with van der Waals surface area (Å²) in [5.74, 6) is -0.564. The summed E-state index contributed by atoms with van der Waals surface area (Å²) in [6.07, 6.45) is 4.29. The van der Waals surface area contributed by atoms with Gasteiger partial charge in [-0.25, -0.2) is 0 Å². The second-order valence-corrected chi connectivity index (χ2v) is 11.3. The molecule has 4 rings (SSSR count). The molecule has 2 amide bonds. The van der Waals surface area contributed by atoms with Crippen molar-refractivity contribution in [2.45, 2.75) is 57.0 Å². The second-order valence-electron chi connectivity index (χ2n) is 11.3. The van der Waals surface area contributed by atoms with Gasteiger partial charge in [0.25, 0.3) is 23.2 Å². The topological polar surface area (TPSA) is 204 Å². The summed E-state index contributed by atoms with van der Waals surface area (Å²) in [7, 11) is 2.73. The predicted octanol–water partition coefficient (Wildman–Crippen LogP) is 3.34. The maximum absolute atomic E-state index is 13.1. The Kier molecular flexibility index (Phi) is 12.1. The van der Waals surface area contributed by atoms with Crippen molar-refractivity contribution >= 4 is 23.2 Å². The van der Waals surface area contributed by atoms with Gasteiger partial charge in [0, 0.05) is 25.2 Å². The van der Waals surface area contributed by atoms with Gasteiger partial charge in [-0.1, -0.05) is 0 Å². The molecule has 2 atom stereocenters. The first-order chi connectivity index (χ1) is 22.6. The molecule has 2 aliphatic heterocycles. The zero-order valence-electron chi connectivity index (χ0n) is 26.4. The van der Waals surface area contributed by atoms with E-state index < -0.39 is 45.1 Å². The lowest BCUT2D eigenvalue weighted by atomic mass is 10.1. The smallest absolute Gasteiger partial charge is 0.286 e.